The van der Waals surface area contributed by atoms with E-state index in [2.05, 4.69) is 17.1 Å². The first-order valence-corrected chi connectivity index (χ1v) is 12.8. The molecule has 1 aliphatic heterocycles. The van der Waals surface area contributed by atoms with E-state index in [1.807, 2.05) is 71.6 Å². The molecule has 6 nitrogen and oxygen atoms in total. The van der Waals surface area contributed by atoms with Crippen LogP contribution in [-0.4, -0.2) is 33.8 Å². The van der Waals surface area contributed by atoms with Crippen molar-refractivity contribution in [2.45, 2.75) is 39.0 Å². The van der Waals surface area contributed by atoms with Gasteiger partial charge in [0.25, 0.3) is 11.8 Å². The molecule has 0 bridgehead atoms. The highest BCUT2D eigenvalue weighted by atomic mass is 16.5. The van der Waals surface area contributed by atoms with E-state index in [1.54, 1.807) is 43.1 Å². The zero-order valence-corrected chi connectivity index (χ0v) is 21.7. The standard InChI is InChI=1S/C32H31N3O3/c1-32(2)31(37)35(23-27-15-9-10-19-33-27)28-21-26(16-17-29(28)38-32)30(36)34(22-25-13-7-4-8-14-25)20-18-24-11-5-3-6-12-24/h3-17,19,21H,18,20,22-23H2,1-2H3. The Morgan fingerprint density at radius 3 is 2.26 bits per heavy atom. The summed E-state index contributed by atoms with van der Waals surface area (Å²) in [6.07, 6.45) is 2.45. The van der Waals surface area contributed by atoms with Gasteiger partial charge in [0.2, 0.25) is 0 Å². The van der Waals surface area contributed by atoms with E-state index in [1.165, 1.54) is 5.56 Å². The van der Waals surface area contributed by atoms with Gasteiger partial charge in [0, 0.05) is 24.8 Å². The predicted molar refractivity (Wildman–Crippen MR) is 148 cm³/mol. The summed E-state index contributed by atoms with van der Waals surface area (Å²) in [6.45, 7) is 4.86. The molecule has 3 aromatic carbocycles. The zero-order valence-electron chi connectivity index (χ0n) is 21.7. The Bertz CT molecular complexity index is 1410. The number of amides is 2. The minimum absolute atomic E-state index is 0.0948. The molecule has 5 rings (SSSR count). The minimum atomic E-state index is -1.03. The van der Waals surface area contributed by atoms with Crippen LogP contribution < -0.4 is 9.64 Å². The van der Waals surface area contributed by atoms with E-state index in [0.29, 0.717) is 36.6 Å². The number of ether oxygens (including phenoxy) is 1. The van der Waals surface area contributed by atoms with Gasteiger partial charge in [0.05, 0.1) is 17.9 Å². The lowest BCUT2D eigenvalue weighted by Gasteiger charge is -2.39. The van der Waals surface area contributed by atoms with Gasteiger partial charge in [-0.15, -0.1) is 0 Å². The number of pyridine rings is 1. The van der Waals surface area contributed by atoms with Crippen LogP contribution in [0.15, 0.2) is 103 Å². The predicted octanol–water partition coefficient (Wildman–Crippen LogP) is 5.67. The van der Waals surface area contributed by atoms with Crippen molar-refractivity contribution in [2.24, 2.45) is 0 Å². The van der Waals surface area contributed by atoms with Gasteiger partial charge in [-0.3, -0.25) is 19.5 Å². The lowest BCUT2D eigenvalue weighted by Crippen LogP contribution is -2.52. The number of nitrogens with zero attached hydrogens (tertiary/aromatic N) is 3. The maximum Gasteiger partial charge on any atom is 0.271 e. The second kappa shape index (κ2) is 10.9. The van der Waals surface area contributed by atoms with Gasteiger partial charge in [-0.1, -0.05) is 66.7 Å². The highest BCUT2D eigenvalue weighted by Gasteiger charge is 2.41. The maximum atomic E-state index is 13.9. The molecule has 1 aliphatic rings. The van der Waals surface area contributed by atoms with Gasteiger partial charge >= 0.3 is 0 Å². The topological polar surface area (TPSA) is 62.7 Å². The summed E-state index contributed by atoms with van der Waals surface area (Å²) in [5.74, 6) is 0.300. The van der Waals surface area contributed by atoms with Crippen LogP contribution in [0.5, 0.6) is 5.75 Å². The molecule has 192 valence electrons. The molecule has 0 aliphatic carbocycles. The zero-order chi connectivity index (χ0) is 26.5. The van der Waals surface area contributed by atoms with Gasteiger partial charge in [0.1, 0.15) is 5.75 Å². The second-order valence-electron chi connectivity index (χ2n) is 9.96. The summed E-state index contributed by atoms with van der Waals surface area (Å²) in [5, 5.41) is 0. The smallest absolute Gasteiger partial charge is 0.271 e. The number of anilines is 1. The Kier molecular flexibility index (Phi) is 7.22. The fourth-order valence-electron chi connectivity index (χ4n) is 4.66. The van der Waals surface area contributed by atoms with Crippen molar-refractivity contribution in [1.29, 1.82) is 0 Å². The summed E-state index contributed by atoms with van der Waals surface area (Å²) in [7, 11) is 0. The largest absolute Gasteiger partial charge is 0.476 e. The molecule has 0 unspecified atom stereocenters. The maximum absolute atomic E-state index is 13.9. The molecular formula is C32H31N3O3. The van der Waals surface area contributed by atoms with E-state index >= 15 is 0 Å². The summed E-state index contributed by atoms with van der Waals surface area (Å²) in [6, 6.07) is 31.1. The third-order valence-corrected chi connectivity index (χ3v) is 6.68. The van der Waals surface area contributed by atoms with Gasteiger partial charge in [-0.2, -0.15) is 0 Å². The first-order valence-electron chi connectivity index (χ1n) is 12.8. The van der Waals surface area contributed by atoms with E-state index in [-0.39, 0.29) is 11.8 Å². The summed E-state index contributed by atoms with van der Waals surface area (Å²) < 4.78 is 6.06. The molecule has 0 fully saturated rings. The molecule has 6 heteroatoms. The highest BCUT2D eigenvalue weighted by Crippen LogP contribution is 2.39. The van der Waals surface area contributed by atoms with Crippen molar-refractivity contribution in [2.75, 3.05) is 11.4 Å². The van der Waals surface area contributed by atoms with Crippen LogP contribution in [-0.2, 0) is 24.3 Å². The van der Waals surface area contributed by atoms with Crippen LogP contribution in [0.25, 0.3) is 0 Å². The molecule has 2 amide bonds. The molecule has 0 atom stereocenters. The summed E-state index contributed by atoms with van der Waals surface area (Å²) >= 11 is 0. The molecule has 4 aromatic rings. The third-order valence-electron chi connectivity index (χ3n) is 6.68. The summed E-state index contributed by atoms with van der Waals surface area (Å²) in [4.78, 5) is 35.2. The molecule has 38 heavy (non-hydrogen) atoms. The van der Waals surface area contributed by atoms with Gasteiger partial charge < -0.3 is 9.64 Å². The number of carbonyl (C=O) groups excluding carboxylic acids is 2. The quantitative estimate of drug-likeness (QED) is 0.310. The fraction of sp³-hybridized carbons (Fsp3) is 0.219. The van der Waals surface area contributed by atoms with E-state index in [0.717, 1.165) is 17.7 Å². The third kappa shape index (κ3) is 5.59. The van der Waals surface area contributed by atoms with Crippen LogP contribution in [0.2, 0.25) is 0 Å². The van der Waals surface area contributed by atoms with Crippen molar-refractivity contribution in [1.82, 2.24) is 9.88 Å². The Morgan fingerprint density at radius 2 is 1.58 bits per heavy atom. The Hall–Kier alpha value is -4.45. The van der Waals surface area contributed by atoms with Gasteiger partial charge in [0.15, 0.2) is 5.60 Å². The molecule has 0 saturated heterocycles. The number of hydrogen-bond donors (Lipinski definition) is 0. The fourth-order valence-corrected chi connectivity index (χ4v) is 4.66. The van der Waals surface area contributed by atoms with Crippen LogP contribution in [0.3, 0.4) is 0 Å². The molecule has 0 N–H and O–H groups in total. The Morgan fingerprint density at radius 1 is 0.895 bits per heavy atom. The van der Waals surface area contributed by atoms with Gasteiger partial charge in [-0.05, 0) is 61.7 Å². The number of carbonyl (C=O) groups is 2. The first-order chi connectivity index (χ1) is 18.4. The average molecular weight is 506 g/mol. The number of hydrogen-bond acceptors (Lipinski definition) is 4. The molecule has 2 heterocycles. The van der Waals surface area contributed by atoms with E-state index in [4.69, 9.17) is 4.74 Å². The van der Waals surface area contributed by atoms with Crippen LogP contribution in [0.1, 0.15) is 41.0 Å². The lowest BCUT2D eigenvalue weighted by atomic mass is 10.0. The van der Waals surface area contributed by atoms with E-state index < -0.39 is 5.60 Å². The number of rotatable bonds is 8. The molecule has 0 spiro atoms. The van der Waals surface area contributed by atoms with Crippen molar-refractivity contribution in [3.05, 3.63) is 126 Å². The minimum Gasteiger partial charge on any atom is -0.476 e. The van der Waals surface area contributed by atoms with Crippen molar-refractivity contribution in [3.8, 4) is 5.75 Å². The first kappa shape index (κ1) is 25.2. The van der Waals surface area contributed by atoms with Crippen molar-refractivity contribution < 1.29 is 14.3 Å². The van der Waals surface area contributed by atoms with Crippen molar-refractivity contribution in [3.63, 3.8) is 0 Å². The van der Waals surface area contributed by atoms with Crippen LogP contribution >= 0.6 is 0 Å². The highest BCUT2D eigenvalue weighted by molar-refractivity contribution is 6.04. The normalized spacial score (nSPS) is 13.9. The number of aromatic nitrogens is 1. The summed E-state index contributed by atoms with van der Waals surface area (Å²) in [5.41, 5.74) is 3.05. The number of benzene rings is 3. The van der Waals surface area contributed by atoms with Crippen molar-refractivity contribution >= 4 is 17.5 Å². The Balaban J connectivity index is 1.46. The SMILES string of the molecule is CC1(C)Oc2ccc(C(=O)N(CCc3ccccc3)Cc3ccccc3)cc2N(Cc2ccccn2)C1=O. The molecule has 0 radical (unpaired) electrons. The molecular weight excluding hydrogens is 474 g/mol. The van der Waals surface area contributed by atoms with Crippen LogP contribution in [0, 0.1) is 0 Å². The van der Waals surface area contributed by atoms with Crippen LogP contribution in [0.4, 0.5) is 5.69 Å². The van der Waals surface area contributed by atoms with Gasteiger partial charge in [-0.25, -0.2) is 0 Å². The molecule has 1 aromatic heterocycles. The average Bonchev–Trinajstić information content (AvgIpc) is 2.94. The molecule has 0 saturated carbocycles. The monoisotopic (exact) mass is 505 g/mol. The Labute approximate surface area is 223 Å². The van der Waals surface area contributed by atoms with E-state index in [9.17, 15) is 9.59 Å². The lowest BCUT2D eigenvalue weighted by molar-refractivity contribution is -0.132. The number of fused-ring (bicyclic) bond motifs is 1. The second-order valence-corrected chi connectivity index (χ2v) is 9.96.